The average molecular weight is 553 g/mol. The average Bonchev–Trinajstić information content (AvgIpc) is 3.42. The molecule has 1 heterocycles. The van der Waals surface area contributed by atoms with Gasteiger partial charge in [-0.3, -0.25) is 4.79 Å². The van der Waals surface area contributed by atoms with E-state index >= 15 is 0 Å². The van der Waals surface area contributed by atoms with Gasteiger partial charge in [0, 0.05) is 22.2 Å². The van der Waals surface area contributed by atoms with Gasteiger partial charge >= 0.3 is 0 Å². The van der Waals surface area contributed by atoms with Gasteiger partial charge in [0.05, 0.1) is 16.9 Å². The Bertz CT molecular complexity index is 1580. The molecule has 0 saturated heterocycles. The van der Waals surface area contributed by atoms with Gasteiger partial charge in [-0.05, 0) is 60.5 Å². The molecule has 0 aliphatic carbocycles. The van der Waals surface area contributed by atoms with E-state index in [-0.39, 0.29) is 5.91 Å². The normalized spacial score (nSPS) is 10.9. The van der Waals surface area contributed by atoms with E-state index in [4.69, 9.17) is 16.3 Å². The van der Waals surface area contributed by atoms with Crippen LogP contribution in [-0.2, 0) is 6.61 Å². The maximum absolute atomic E-state index is 12.6. The first-order valence-corrected chi connectivity index (χ1v) is 13.5. The highest BCUT2D eigenvalue weighted by Crippen LogP contribution is 2.28. The molecule has 6 nitrogen and oxygen atoms in total. The Kier molecular flexibility index (Phi) is 8.31. The number of benzene rings is 4. The number of para-hydroxylation sites is 1. The number of rotatable bonds is 9. The number of amides is 1. The molecular weight excluding hydrogens is 528 g/mol. The summed E-state index contributed by atoms with van der Waals surface area (Å²) >= 11 is 7.91. The van der Waals surface area contributed by atoms with E-state index in [1.165, 1.54) is 16.9 Å². The zero-order valence-electron chi connectivity index (χ0n) is 21.1. The summed E-state index contributed by atoms with van der Waals surface area (Å²) < 4.78 is 5.83. The molecule has 0 fully saturated rings. The Balaban J connectivity index is 1.14. The largest absolute Gasteiger partial charge is 0.487 e. The number of anilines is 2. The van der Waals surface area contributed by atoms with Crippen molar-refractivity contribution >= 4 is 45.9 Å². The van der Waals surface area contributed by atoms with Gasteiger partial charge in [0.1, 0.15) is 12.4 Å². The van der Waals surface area contributed by atoms with Crippen LogP contribution in [0.15, 0.2) is 108 Å². The highest BCUT2D eigenvalue weighted by molar-refractivity contribution is 7.14. The highest BCUT2D eigenvalue weighted by Gasteiger charge is 2.09. The molecule has 4 aromatic carbocycles. The third kappa shape index (κ3) is 7.10. The van der Waals surface area contributed by atoms with Crippen molar-refractivity contribution in [1.82, 2.24) is 10.4 Å². The van der Waals surface area contributed by atoms with Gasteiger partial charge in [-0.2, -0.15) is 5.10 Å². The van der Waals surface area contributed by atoms with E-state index in [0.29, 0.717) is 22.9 Å². The third-order valence-corrected chi connectivity index (χ3v) is 6.88. The number of nitrogens with zero attached hydrogens (tertiary/aromatic N) is 2. The topological polar surface area (TPSA) is 75.6 Å². The standard InChI is InChI=1S/C31H25ClN4O2S/c1-21-7-9-22(10-8-21)19-38-29-16-11-23(17-27(29)32)18-33-36-30(37)25-14-12-24(13-15-25)28-20-39-31(35-28)34-26-5-3-2-4-6-26/h2-18,20H,19H2,1H3,(H,34,35)(H,36,37)/b33-18-. The number of aryl methyl sites for hydroxylation is 1. The Hall–Kier alpha value is -4.46. The van der Waals surface area contributed by atoms with Gasteiger partial charge in [0.2, 0.25) is 0 Å². The van der Waals surface area contributed by atoms with E-state index in [0.717, 1.165) is 33.2 Å². The lowest BCUT2D eigenvalue weighted by Crippen LogP contribution is -2.17. The monoisotopic (exact) mass is 552 g/mol. The summed E-state index contributed by atoms with van der Waals surface area (Å²) in [7, 11) is 0. The molecule has 0 radical (unpaired) electrons. The fourth-order valence-corrected chi connectivity index (χ4v) is 4.67. The van der Waals surface area contributed by atoms with Crippen LogP contribution in [0.25, 0.3) is 11.3 Å². The lowest BCUT2D eigenvalue weighted by molar-refractivity contribution is 0.0955. The maximum atomic E-state index is 12.6. The van der Waals surface area contributed by atoms with Gasteiger partial charge < -0.3 is 10.1 Å². The zero-order valence-corrected chi connectivity index (χ0v) is 22.7. The van der Waals surface area contributed by atoms with Crippen LogP contribution in [-0.4, -0.2) is 17.1 Å². The molecule has 0 saturated carbocycles. The summed E-state index contributed by atoms with van der Waals surface area (Å²) in [5, 5.41) is 10.6. The minimum Gasteiger partial charge on any atom is -0.487 e. The molecule has 0 unspecified atom stereocenters. The number of carbonyl (C=O) groups is 1. The molecule has 1 aromatic heterocycles. The number of hydrogen-bond acceptors (Lipinski definition) is 6. The number of nitrogens with one attached hydrogen (secondary N) is 2. The first-order chi connectivity index (χ1) is 19.0. The first kappa shape index (κ1) is 26.2. The molecule has 1 amide bonds. The molecule has 0 aliphatic heterocycles. The van der Waals surface area contributed by atoms with E-state index in [9.17, 15) is 4.79 Å². The van der Waals surface area contributed by atoms with Crippen LogP contribution >= 0.6 is 22.9 Å². The second kappa shape index (κ2) is 12.4. The number of ether oxygens (including phenoxy) is 1. The van der Waals surface area contributed by atoms with Crippen molar-refractivity contribution in [3.8, 4) is 17.0 Å². The van der Waals surface area contributed by atoms with Crippen LogP contribution in [0.5, 0.6) is 5.75 Å². The molecule has 0 spiro atoms. The van der Waals surface area contributed by atoms with Gasteiger partial charge in [0.25, 0.3) is 5.91 Å². The lowest BCUT2D eigenvalue weighted by Gasteiger charge is -2.09. The molecule has 5 rings (SSSR count). The van der Waals surface area contributed by atoms with Crippen LogP contribution in [0.1, 0.15) is 27.0 Å². The second-order valence-electron chi connectivity index (χ2n) is 8.77. The molecule has 0 atom stereocenters. The molecule has 39 heavy (non-hydrogen) atoms. The van der Waals surface area contributed by atoms with Crippen LogP contribution < -0.4 is 15.5 Å². The minimum absolute atomic E-state index is 0.313. The fraction of sp³-hybridized carbons (Fsp3) is 0.0645. The SMILES string of the molecule is Cc1ccc(COc2ccc(/C=N\NC(=O)c3ccc(-c4csc(Nc5ccccc5)n4)cc3)cc2Cl)cc1. The van der Waals surface area contributed by atoms with Crippen molar-refractivity contribution in [2.24, 2.45) is 5.10 Å². The molecule has 2 N–H and O–H groups in total. The predicted octanol–water partition coefficient (Wildman–Crippen LogP) is 7.86. The second-order valence-corrected chi connectivity index (χ2v) is 10.0. The van der Waals surface area contributed by atoms with Crippen LogP contribution in [0, 0.1) is 6.92 Å². The minimum atomic E-state index is -0.313. The Morgan fingerprint density at radius 2 is 1.77 bits per heavy atom. The molecule has 5 aromatic rings. The summed E-state index contributed by atoms with van der Waals surface area (Å²) in [6.07, 6.45) is 1.54. The van der Waals surface area contributed by atoms with E-state index in [2.05, 4.69) is 20.8 Å². The molecule has 194 valence electrons. The van der Waals surface area contributed by atoms with E-state index < -0.39 is 0 Å². The zero-order chi connectivity index (χ0) is 27.0. The van der Waals surface area contributed by atoms with Crippen LogP contribution in [0.4, 0.5) is 10.8 Å². The van der Waals surface area contributed by atoms with Crippen LogP contribution in [0.3, 0.4) is 0 Å². The first-order valence-electron chi connectivity index (χ1n) is 12.2. The Morgan fingerprint density at radius 1 is 1.00 bits per heavy atom. The molecule has 0 bridgehead atoms. The van der Waals surface area contributed by atoms with Crippen molar-refractivity contribution in [1.29, 1.82) is 0 Å². The summed E-state index contributed by atoms with van der Waals surface area (Å²) in [4.78, 5) is 17.2. The number of carbonyl (C=O) groups excluding carboxylic acids is 1. The lowest BCUT2D eigenvalue weighted by atomic mass is 10.1. The smallest absolute Gasteiger partial charge is 0.271 e. The van der Waals surface area contributed by atoms with Gasteiger partial charge in [0.15, 0.2) is 5.13 Å². The van der Waals surface area contributed by atoms with Crippen molar-refractivity contribution in [3.63, 3.8) is 0 Å². The Labute approximate surface area is 236 Å². The molecule has 8 heteroatoms. The van der Waals surface area contributed by atoms with Gasteiger partial charge in [-0.15, -0.1) is 11.3 Å². The summed E-state index contributed by atoms with van der Waals surface area (Å²) in [5.41, 5.74) is 8.79. The van der Waals surface area contributed by atoms with E-state index in [1.54, 1.807) is 30.5 Å². The van der Waals surface area contributed by atoms with Crippen molar-refractivity contribution in [3.05, 3.63) is 130 Å². The number of hydrogen-bond donors (Lipinski definition) is 2. The summed E-state index contributed by atoms with van der Waals surface area (Å²) in [5.74, 6) is 0.272. The number of aromatic nitrogens is 1. The summed E-state index contributed by atoms with van der Waals surface area (Å²) in [6.45, 7) is 2.47. The number of thiazole rings is 1. The molecular formula is C31H25ClN4O2S. The number of hydrazone groups is 1. The van der Waals surface area contributed by atoms with Gasteiger partial charge in [-0.1, -0.05) is 71.8 Å². The number of halogens is 1. The summed E-state index contributed by atoms with van der Waals surface area (Å²) in [6, 6.07) is 30.6. The third-order valence-electron chi connectivity index (χ3n) is 5.82. The molecule has 0 aliphatic rings. The quantitative estimate of drug-likeness (QED) is 0.144. The highest BCUT2D eigenvalue weighted by atomic mass is 35.5. The van der Waals surface area contributed by atoms with Crippen molar-refractivity contribution in [2.75, 3.05) is 5.32 Å². The van der Waals surface area contributed by atoms with Crippen molar-refractivity contribution < 1.29 is 9.53 Å². The van der Waals surface area contributed by atoms with Crippen molar-refractivity contribution in [2.45, 2.75) is 13.5 Å². The van der Waals surface area contributed by atoms with E-state index in [1.807, 2.05) is 85.1 Å². The Morgan fingerprint density at radius 3 is 2.51 bits per heavy atom. The van der Waals surface area contributed by atoms with Gasteiger partial charge in [-0.25, -0.2) is 10.4 Å². The predicted molar refractivity (Wildman–Crippen MR) is 159 cm³/mol. The maximum Gasteiger partial charge on any atom is 0.271 e. The fourth-order valence-electron chi connectivity index (χ4n) is 3.69. The van der Waals surface area contributed by atoms with Crippen LogP contribution in [0.2, 0.25) is 5.02 Å².